The van der Waals surface area contributed by atoms with Gasteiger partial charge in [0.1, 0.15) is 5.82 Å². The lowest BCUT2D eigenvalue weighted by Crippen LogP contribution is -2.11. The van der Waals surface area contributed by atoms with Crippen LogP contribution in [0.15, 0.2) is 12.1 Å². The number of nitrogens with one attached hydrogen (secondary N) is 1. The molecule has 0 aliphatic heterocycles. The Bertz CT molecular complexity index is 584. The van der Waals surface area contributed by atoms with Crippen LogP contribution in [0, 0.1) is 12.7 Å². The molecule has 90 valence electrons. The number of halogens is 2. The van der Waals surface area contributed by atoms with Crippen molar-refractivity contribution in [3.8, 4) is 0 Å². The van der Waals surface area contributed by atoms with Crippen LogP contribution in [0.4, 0.5) is 10.1 Å². The van der Waals surface area contributed by atoms with Crippen molar-refractivity contribution in [2.45, 2.75) is 20.3 Å². The fraction of sp³-hybridized carbons (Fsp3) is 0.250. The summed E-state index contributed by atoms with van der Waals surface area (Å²) in [4.78, 5) is 4.39. The summed E-state index contributed by atoms with van der Waals surface area (Å²) in [6.45, 7) is 3.84. The van der Waals surface area contributed by atoms with Crippen LogP contribution in [0.25, 0.3) is 10.9 Å². The van der Waals surface area contributed by atoms with Gasteiger partial charge in [0.2, 0.25) is 0 Å². The van der Waals surface area contributed by atoms with Gasteiger partial charge in [0, 0.05) is 5.69 Å². The Balaban J connectivity index is 2.97. The normalized spacial score (nSPS) is 10.9. The Morgan fingerprint density at radius 2 is 2.18 bits per heavy atom. The van der Waals surface area contributed by atoms with E-state index in [9.17, 15) is 4.39 Å². The first-order valence-electron chi connectivity index (χ1n) is 5.34. The number of aryl methyl sites for hydroxylation is 1. The summed E-state index contributed by atoms with van der Waals surface area (Å²) >= 11 is 6.04. The van der Waals surface area contributed by atoms with Crippen LogP contribution in [0.3, 0.4) is 0 Å². The van der Waals surface area contributed by atoms with Crippen LogP contribution in [0.2, 0.25) is 5.02 Å². The number of hydrazine groups is 1. The molecule has 0 unspecified atom stereocenters. The highest BCUT2D eigenvalue weighted by Gasteiger charge is 2.15. The number of aromatic nitrogens is 1. The van der Waals surface area contributed by atoms with E-state index >= 15 is 0 Å². The van der Waals surface area contributed by atoms with Crippen molar-refractivity contribution < 1.29 is 4.39 Å². The zero-order chi connectivity index (χ0) is 12.6. The second-order valence-corrected chi connectivity index (χ2v) is 4.22. The molecule has 1 aromatic heterocycles. The van der Waals surface area contributed by atoms with E-state index in [4.69, 9.17) is 17.4 Å². The number of hydrogen-bond donors (Lipinski definition) is 2. The first-order chi connectivity index (χ1) is 8.10. The SMILES string of the molecule is CCc1nc2c(Cl)ccc(F)c2c(NN)c1C. The highest BCUT2D eigenvalue weighted by molar-refractivity contribution is 6.35. The van der Waals surface area contributed by atoms with Gasteiger partial charge in [-0.15, -0.1) is 0 Å². The zero-order valence-corrected chi connectivity index (χ0v) is 10.4. The van der Waals surface area contributed by atoms with Gasteiger partial charge in [-0.2, -0.15) is 0 Å². The predicted octanol–water partition coefficient (Wildman–Crippen LogP) is 3.18. The van der Waals surface area contributed by atoms with Crippen molar-refractivity contribution in [3.63, 3.8) is 0 Å². The third kappa shape index (κ3) is 1.83. The Hall–Kier alpha value is -1.39. The monoisotopic (exact) mass is 253 g/mol. The average molecular weight is 254 g/mol. The van der Waals surface area contributed by atoms with Gasteiger partial charge in [-0.3, -0.25) is 10.8 Å². The van der Waals surface area contributed by atoms with Crippen molar-refractivity contribution in [3.05, 3.63) is 34.2 Å². The largest absolute Gasteiger partial charge is 0.323 e. The predicted molar refractivity (Wildman–Crippen MR) is 68.6 cm³/mol. The van der Waals surface area contributed by atoms with Crippen LogP contribution in [-0.2, 0) is 6.42 Å². The molecule has 0 aliphatic rings. The highest BCUT2D eigenvalue weighted by Crippen LogP contribution is 2.33. The van der Waals surface area contributed by atoms with Gasteiger partial charge in [-0.1, -0.05) is 18.5 Å². The van der Waals surface area contributed by atoms with Crippen LogP contribution >= 0.6 is 11.6 Å². The van der Waals surface area contributed by atoms with Gasteiger partial charge >= 0.3 is 0 Å². The molecule has 2 rings (SSSR count). The van der Waals surface area contributed by atoms with E-state index in [1.807, 2.05) is 13.8 Å². The molecule has 5 heteroatoms. The third-order valence-electron chi connectivity index (χ3n) is 2.86. The lowest BCUT2D eigenvalue weighted by molar-refractivity contribution is 0.639. The molecule has 0 atom stereocenters. The van der Waals surface area contributed by atoms with Crippen molar-refractivity contribution in [1.29, 1.82) is 0 Å². The number of nitrogens with zero attached hydrogens (tertiary/aromatic N) is 1. The van der Waals surface area contributed by atoms with Gasteiger partial charge in [0.25, 0.3) is 0 Å². The molecule has 0 radical (unpaired) electrons. The topological polar surface area (TPSA) is 50.9 Å². The Kier molecular flexibility index (Phi) is 3.17. The maximum atomic E-state index is 13.8. The number of fused-ring (bicyclic) bond motifs is 1. The van der Waals surface area contributed by atoms with Crippen LogP contribution < -0.4 is 11.3 Å². The van der Waals surface area contributed by atoms with Gasteiger partial charge in [0.05, 0.1) is 21.6 Å². The van der Waals surface area contributed by atoms with E-state index in [0.717, 1.165) is 17.7 Å². The molecule has 17 heavy (non-hydrogen) atoms. The van der Waals surface area contributed by atoms with Crippen LogP contribution in [-0.4, -0.2) is 4.98 Å². The van der Waals surface area contributed by atoms with E-state index < -0.39 is 0 Å². The summed E-state index contributed by atoms with van der Waals surface area (Å²) < 4.78 is 13.8. The molecule has 0 spiro atoms. The maximum absolute atomic E-state index is 13.8. The van der Waals surface area contributed by atoms with Crippen molar-refractivity contribution in [2.75, 3.05) is 5.43 Å². The number of hydrogen-bond acceptors (Lipinski definition) is 3. The second kappa shape index (κ2) is 4.47. The summed E-state index contributed by atoms with van der Waals surface area (Å²) in [5.41, 5.74) is 5.25. The lowest BCUT2D eigenvalue weighted by Gasteiger charge is -2.14. The van der Waals surface area contributed by atoms with E-state index in [0.29, 0.717) is 21.6 Å². The second-order valence-electron chi connectivity index (χ2n) is 3.81. The fourth-order valence-corrected chi connectivity index (χ4v) is 2.16. The standard InChI is InChI=1S/C12H13ClFN3/c1-3-9-6(2)11(17-15)10-8(14)5-4-7(13)12(10)16-9/h4-5H,3,15H2,1-2H3,(H,16,17). The number of rotatable bonds is 2. The molecule has 0 aliphatic carbocycles. The molecule has 0 saturated carbocycles. The quantitative estimate of drug-likeness (QED) is 0.638. The molecule has 1 aromatic carbocycles. The summed E-state index contributed by atoms with van der Waals surface area (Å²) in [7, 11) is 0. The lowest BCUT2D eigenvalue weighted by atomic mass is 10.1. The summed E-state index contributed by atoms with van der Waals surface area (Å²) in [6, 6.07) is 2.82. The maximum Gasteiger partial charge on any atom is 0.134 e. The minimum atomic E-state index is -0.379. The number of pyridine rings is 1. The fourth-order valence-electron chi connectivity index (χ4n) is 1.96. The van der Waals surface area contributed by atoms with Gasteiger partial charge < -0.3 is 5.43 Å². The number of nitrogen functional groups attached to an aromatic ring is 1. The summed E-state index contributed by atoms with van der Waals surface area (Å²) in [5, 5.41) is 0.766. The molecule has 0 amide bonds. The number of anilines is 1. The van der Waals surface area contributed by atoms with E-state index in [2.05, 4.69) is 10.4 Å². The molecular formula is C12H13ClFN3. The molecule has 2 aromatic rings. The van der Waals surface area contributed by atoms with E-state index in [-0.39, 0.29) is 5.82 Å². The van der Waals surface area contributed by atoms with Gasteiger partial charge in [-0.05, 0) is 31.0 Å². The molecule has 3 N–H and O–H groups in total. The molecule has 1 heterocycles. The highest BCUT2D eigenvalue weighted by atomic mass is 35.5. The molecule has 3 nitrogen and oxygen atoms in total. The van der Waals surface area contributed by atoms with Crippen LogP contribution in [0.5, 0.6) is 0 Å². The summed E-state index contributed by atoms with van der Waals surface area (Å²) in [5.74, 6) is 5.09. The zero-order valence-electron chi connectivity index (χ0n) is 9.64. The van der Waals surface area contributed by atoms with Crippen molar-refractivity contribution in [1.82, 2.24) is 4.98 Å². The molecule has 0 fully saturated rings. The molecule has 0 saturated heterocycles. The van der Waals surface area contributed by atoms with Gasteiger partial charge in [-0.25, -0.2) is 4.39 Å². The Morgan fingerprint density at radius 3 is 2.76 bits per heavy atom. The Morgan fingerprint density at radius 1 is 1.47 bits per heavy atom. The first kappa shape index (κ1) is 12.1. The number of nitrogens with two attached hydrogens (primary N) is 1. The smallest absolute Gasteiger partial charge is 0.134 e. The van der Waals surface area contributed by atoms with Gasteiger partial charge in [0.15, 0.2) is 0 Å². The molecule has 0 bridgehead atoms. The van der Waals surface area contributed by atoms with Crippen molar-refractivity contribution >= 4 is 28.2 Å². The van der Waals surface area contributed by atoms with Crippen molar-refractivity contribution in [2.24, 2.45) is 5.84 Å². The third-order valence-corrected chi connectivity index (χ3v) is 3.17. The van der Waals surface area contributed by atoms with Crippen LogP contribution in [0.1, 0.15) is 18.2 Å². The van der Waals surface area contributed by atoms with E-state index in [1.54, 1.807) is 0 Å². The first-order valence-corrected chi connectivity index (χ1v) is 5.71. The Labute approximate surface area is 104 Å². The molecular weight excluding hydrogens is 241 g/mol. The minimum Gasteiger partial charge on any atom is -0.323 e. The average Bonchev–Trinajstić information content (AvgIpc) is 2.33. The number of benzene rings is 1. The summed E-state index contributed by atoms with van der Waals surface area (Å²) in [6.07, 6.45) is 0.739. The van der Waals surface area contributed by atoms with E-state index in [1.165, 1.54) is 12.1 Å². The minimum absolute atomic E-state index is 0.342.